The summed E-state index contributed by atoms with van der Waals surface area (Å²) in [5.41, 5.74) is 0. The predicted molar refractivity (Wildman–Crippen MR) is 147 cm³/mol. The third-order valence-corrected chi connectivity index (χ3v) is 15.0. The molecular weight excluding hydrogens is 403 g/mol. The fourth-order valence-electron chi connectivity index (χ4n) is 5.06. The van der Waals surface area contributed by atoms with Crippen LogP contribution in [0.4, 0.5) is 0 Å². The number of halogens is 1. The molecule has 0 unspecified atom stereocenters. The summed E-state index contributed by atoms with van der Waals surface area (Å²) >= 11 is 7.85. The Balaban J connectivity index is 4.51. The number of hydrogen-bond acceptors (Lipinski definition) is 0. The second kappa shape index (κ2) is 20.3. The molecule has 30 heavy (non-hydrogen) atoms. The van der Waals surface area contributed by atoms with E-state index in [4.69, 9.17) is 11.2 Å². The second-order valence-electron chi connectivity index (χ2n) is 10.4. The average Bonchev–Trinajstić information content (AvgIpc) is 2.75. The molecule has 0 aromatic heterocycles. The SMILES string of the molecule is CCCCCCCCCCP(Cl)(CCCC)(CCCC)CCCCCCCCCC. The predicted octanol–water partition coefficient (Wildman–Crippen LogP) is 11.6. The molecule has 0 amide bonds. The monoisotopic (exact) mass is 462 g/mol. The summed E-state index contributed by atoms with van der Waals surface area (Å²) in [4.78, 5) is 0. The van der Waals surface area contributed by atoms with Crippen LogP contribution in [0.5, 0.6) is 0 Å². The topological polar surface area (TPSA) is 0 Å². The molecule has 0 heterocycles. The van der Waals surface area contributed by atoms with E-state index in [1.54, 1.807) is 0 Å². The standard InChI is InChI=1S/C28H60ClP/c1-5-9-13-15-17-19-21-23-27-30(29,25-11-7-3,26-12-8-4)28-24-22-20-18-16-14-10-6-2/h5-28H2,1-4H3. The van der Waals surface area contributed by atoms with Crippen molar-refractivity contribution in [2.24, 2.45) is 0 Å². The van der Waals surface area contributed by atoms with Crippen LogP contribution in [0.3, 0.4) is 0 Å². The van der Waals surface area contributed by atoms with E-state index < -0.39 is 5.96 Å². The second-order valence-corrected chi connectivity index (χ2v) is 18.7. The summed E-state index contributed by atoms with van der Waals surface area (Å²) in [7, 11) is 0. The van der Waals surface area contributed by atoms with Crippen molar-refractivity contribution in [3.05, 3.63) is 0 Å². The molecule has 0 atom stereocenters. The maximum atomic E-state index is 7.85. The van der Waals surface area contributed by atoms with Gasteiger partial charge in [0.15, 0.2) is 0 Å². The fraction of sp³-hybridized carbons (Fsp3) is 1.00. The molecule has 0 spiro atoms. The van der Waals surface area contributed by atoms with Crippen molar-refractivity contribution in [2.45, 2.75) is 156 Å². The van der Waals surface area contributed by atoms with Gasteiger partial charge in [-0.3, -0.25) is 0 Å². The number of rotatable bonds is 24. The van der Waals surface area contributed by atoms with E-state index in [0.29, 0.717) is 0 Å². The van der Waals surface area contributed by atoms with Gasteiger partial charge in [0.2, 0.25) is 0 Å². The normalized spacial score (nSPS) is 13.4. The van der Waals surface area contributed by atoms with Gasteiger partial charge in [-0.05, 0) is 0 Å². The average molecular weight is 463 g/mol. The Bertz CT molecular complexity index is 323. The van der Waals surface area contributed by atoms with Gasteiger partial charge in [-0.1, -0.05) is 0 Å². The summed E-state index contributed by atoms with van der Waals surface area (Å²) in [5, 5.41) is 0. The molecule has 0 fully saturated rings. The first-order valence-electron chi connectivity index (χ1n) is 14.3. The third kappa shape index (κ3) is 16.4. The minimum atomic E-state index is -2.02. The van der Waals surface area contributed by atoms with Crippen molar-refractivity contribution in [1.29, 1.82) is 0 Å². The van der Waals surface area contributed by atoms with Crippen molar-refractivity contribution >= 4 is 17.2 Å². The zero-order valence-electron chi connectivity index (χ0n) is 21.8. The molecule has 0 rings (SSSR count). The van der Waals surface area contributed by atoms with Crippen LogP contribution >= 0.6 is 17.2 Å². The molecule has 0 N–H and O–H groups in total. The molecule has 184 valence electrons. The third-order valence-electron chi connectivity index (χ3n) is 7.28. The van der Waals surface area contributed by atoms with E-state index in [0.717, 1.165) is 0 Å². The van der Waals surface area contributed by atoms with Crippen LogP contribution in [0.15, 0.2) is 0 Å². The van der Waals surface area contributed by atoms with Gasteiger partial charge in [-0.15, -0.1) is 0 Å². The molecule has 0 bridgehead atoms. The molecular formula is C28H60ClP. The van der Waals surface area contributed by atoms with E-state index >= 15 is 0 Å². The zero-order valence-corrected chi connectivity index (χ0v) is 23.4. The molecule has 0 saturated carbocycles. The first kappa shape index (κ1) is 30.7. The number of unbranched alkanes of at least 4 members (excludes halogenated alkanes) is 16. The van der Waals surface area contributed by atoms with Gasteiger partial charge in [0.1, 0.15) is 0 Å². The van der Waals surface area contributed by atoms with Crippen LogP contribution in [0, 0.1) is 0 Å². The minimum absolute atomic E-state index is 1.31. The Morgan fingerprint density at radius 2 is 0.567 bits per heavy atom. The molecule has 2 heteroatoms. The van der Waals surface area contributed by atoms with Gasteiger partial charge >= 0.3 is 198 Å². The Morgan fingerprint density at radius 1 is 0.333 bits per heavy atom. The molecule has 0 saturated heterocycles. The molecule has 0 radical (unpaired) electrons. The molecule has 0 aliphatic rings. The molecule has 0 aliphatic heterocycles. The van der Waals surface area contributed by atoms with Crippen LogP contribution < -0.4 is 0 Å². The van der Waals surface area contributed by atoms with Gasteiger partial charge < -0.3 is 0 Å². The van der Waals surface area contributed by atoms with E-state index in [1.807, 2.05) is 0 Å². The number of hydrogen-bond donors (Lipinski definition) is 0. The van der Waals surface area contributed by atoms with Crippen LogP contribution in [0.25, 0.3) is 0 Å². The van der Waals surface area contributed by atoms with Gasteiger partial charge in [0.05, 0.1) is 0 Å². The first-order chi connectivity index (χ1) is 14.5. The van der Waals surface area contributed by atoms with Crippen molar-refractivity contribution in [2.75, 3.05) is 24.6 Å². The Hall–Kier alpha value is 0.720. The summed E-state index contributed by atoms with van der Waals surface area (Å²) in [6, 6.07) is 0. The van der Waals surface area contributed by atoms with Crippen molar-refractivity contribution in [3.63, 3.8) is 0 Å². The van der Waals surface area contributed by atoms with E-state index in [1.165, 1.54) is 153 Å². The molecule has 0 nitrogen and oxygen atoms in total. The Kier molecular flexibility index (Phi) is 20.8. The van der Waals surface area contributed by atoms with Crippen LogP contribution in [-0.4, -0.2) is 24.6 Å². The van der Waals surface area contributed by atoms with Crippen LogP contribution in [-0.2, 0) is 0 Å². The summed E-state index contributed by atoms with van der Waals surface area (Å²) in [6.45, 7) is 9.32. The molecule has 0 aliphatic carbocycles. The van der Waals surface area contributed by atoms with Crippen molar-refractivity contribution < 1.29 is 0 Å². The van der Waals surface area contributed by atoms with Gasteiger partial charge in [0, 0.05) is 0 Å². The summed E-state index contributed by atoms with van der Waals surface area (Å²) in [6.07, 6.45) is 33.6. The van der Waals surface area contributed by atoms with Gasteiger partial charge in [0.25, 0.3) is 0 Å². The fourth-order valence-corrected chi connectivity index (χ4v) is 12.1. The quantitative estimate of drug-likeness (QED) is 0.0987. The van der Waals surface area contributed by atoms with E-state index in [-0.39, 0.29) is 0 Å². The van der Waals surface area contributed by atoms with Gasteiger partial charge in [-0.2, -0.15) is 0 Å². The van der Waals surface area contributed by atoms with Crippen LogP contribution in [0.2, 0.25) is 0 Å². The molecule has 0 aromatic carbocycles. The van der Waals surface area contributed by atoms with E-state index in [2.05, 4.69) is 27.7 Å². The zero-order chi connectivity index (χ0) is 22.4. The van der Waals surface area contributed by atoms with E-state index in [9.17, 15) is 0 Å². The Morgan fingerprint density at radius 3 is 0.867 bits per heavy atom. The van der Waals surface area contributed by atoms with Gasteiger partial charge in [-0.25, -0.2) is 0 Å². The van der Waals surface area contributed by atoms with Crippen LogP contribution in [0.1, 0.15) is 156 Å². The van der Waals surface area contributed by atoms with Crippen molar-refractivity contribution in [3.8, 4) is 0 Å². The Labute approximate surface area is 197 Å². The van der Waals surface area contributed by atoms with Crippen molar-refractivity contribution in [1.82, 2.24) is 0 Å². The molecule has 0 aromatic rings. The summed E-state index contributed by atoms with van der Waals surface area (Å²) in [5.74, 6) is -2.02. The first-order valence-corrected chi connectivity index (χ1v) is 18.1. The summed E-state index contributed by atoms with van der Waals surface area (Å²) < 4.78 is 0. The maximum absolute atomic E-state index is 7.85.